The molecule has 2 heterocycles. The quantitative estimate of drug-likeness (QED) is 0.272. The SMILES string of the molecule is C.CCOc1cc(NC2CCN(C(=O)CCN3CCN(c4ccc(OCC(C)C)cc4)CC3)CC2)ccc1[N+](=O)[O-]. The minimum absolute atomic E-state index is 0. The number of hydrogen-bond acceptors (Lipinski definition) is 8. The second kappa shape index (κ2) is 15.5. The van der Waals surface area contributed by atoms with Gasteiger partial charge in [-0.05, 0) is 56.0 Å². The lowest BCUT2D eigenvalue weighted by molar-refractivity contribution is -0.385. The number of likely N-dealkylation sites (tertiary alicyclic amines) is 1. The van der Waals surface area contributed by atoms with Crippen molar-refractivity contribution < 1.29 is 19.2 Å². The van der Waals surface area contributed by atoms with Crippen molar-refractivity contribution in [2.24, 2.45) is 5.92 Å². The summed E-state index contributed by atoms with van der Waals surface area (Å²) in [6, 6.07) is 13.5. The maximum Gasteiger partial charge on any atom is 0.311 e. The third-order valence-corrected chi connectivity index (χ3v) is 7.47. The van der Waals surface area contributed by atoms with E-state index < -0.39 is 4.92 Å². The Balaban J connectivity index is 0.00000462. The van der Waals surface area contributed by atoms with E-state index in [-0.39, 0.29) is 30.8 Å². The minimum atomic E-state index is -0.429. The Morgan fingerprint density at radius 2 is 1.71 bits per heavy atom. The highest BCUT2D eigenvalue weighted by Gasteiger charge is 2.25. The first kappa shape index (κ1) is 32.0. The molecular weight excluding hydrogens is 522 g/mol. The Kier molecular flexibility index (Phi) is 12.1. The summed E-state index contributed by atoms with van der Waals surface area (Å²) in [5.41, 5.74) is 1.98. The third-order valence-electron chi connectivity index (χ3n) is 7.47. The van der Waals surface area contributed by atoms with Crippen LogP contribution >= 0.6 is 0 Å². The summed E-state index contributed by atoms with van der Waals surface area (Å²) in [5, 5.41) is 14.7. The highest BCUT2D eigenvalue weighted by Crippen LogP contribution is 2.31. The summed E-state index contributed by atoms with van der Waals surface area (Å²) in [7, 11) is 0. The molecule has 2 aliphatic heterocycles. The summed E-state index contributed by atoms with van der Waals surface area (Å²) < 4.78 is 11.3. The number of hydrogen-bond donors (Lipinski definition) is 1. The van der Waals surface area contributed by atoms with E-state index in [2.05, 4.69) is 41.1 Å². The van der Waals surface area contributed by atoms with Crippen LogP contribution in [0.3, 0.4) is 0 Å². The molecule has 4 rings (SSSR count). The normalized spacial score (nSPS) is 16.3. The van der Waals surface area contributed by atoms with Crippen LogP contribution in [0, 0.1) is 16.0 Å². The average Bonchev–Trinajstić information content (AvgIpc) is 2.96. The van der Waals surface area contributed by atoms with E-state index in [1.54, 1.807) is 19.1 Å². The lowest BCUT2D eigenvalue weighted by atomic mass is 10.0. The van der Waals surface area contributed by atoms with Crippen molar-refractivity contribution in [1.82, 2.24) is 9.80 Å². The van der Waals surface area contributed by atoms with E-state index in [1.165, 1.54) is 11.8 Å². The van der Waals surface area contributed by atoms with Gasteiger partial charge in [0, 0.05) is 81.8 Å². The Labute approximate surface area is 244 Å². The van der Waals surface area contributed by atoms with E-state index in [1.807, 2.05) is 17.0 Å². The lowest BCUT2D eigenvalue weighted by Crippen LogP contribution is -2.48. The molecule has 1 N–H and O–H groups in total. The predicted octanol–water partition coefficient (Wildman–Crippen LogP) is 5.28. The predicted molar refractivity (Wildman–Crippen MR) is 164 cm³/mol. The Morgan fingerprint density at radius 1 is 1.02 bits per heavy atom. The summed E-state index contributed by atoms with van der Waals surface area (Å²) in [6.07, 6.45) is 2.22. The molecule has 2 saturated heterocycles. The lowest BCUT2D eigenvalue weighted by Gasteiger charge is -2.37. The van der Waals surface area contributed by atoms with Crippen LogP contribution in [0.5, 0.6) is 11.5 Å². The number of nitro groups is 1. The smallest absolute Gasteiger partial charge is 0.311 e. The number of ether oxygens (including phenoxy) is 2. The molecule has 2 fully saturated rings. The van der Waals surface area contributed by atoms with Crippen molar-refractivity contribution >= 4 is 23.0 Å². The van der Waals surface area contributed by atoms with Gasteiger partial charge in [-0.2, -0.15) is 0 Å². The maximum absolute atomic E-state index is 12.9. The van der Waals surface area contributed by atoms with E-state index in [4.69, 9.17) is 9.47 Å². The van der Waals surface area contributed by atoms with E-state index in [9.17, 15) is 14.9 Å². The summed E-state index contributed by atoms with van der Waals surface area (Å²) in [4.78, 5) is 30.5. The zero-order chi connectivity index (χ0) is 28.5. The Hall–Kier alpha value is -3.53. The first-order valence-electron chi connectivity index (χ1n) is 14.5. The molecule has 0 unspecified atom stereocenters. The molecule has 2 aliphatic rings. The molecule has 1 amide bonds. The summed E-state index contributed by atoms with van der Waals surface area (Å²) in [6.45, 7) is 13.2. The van der Waals surface area contributed by atoms with Gasteiger partial charge in [0.1, 0.15) is 5.75 Å². The number of nitrogens with one attached hydrogen (secondary N) is 1. The highest BCUT2D eigenvalue weighted by atomic mass is 16.6. The number of piperidine rings is 1. The van der Waals surface area contributed by atoms with Crippen molar-refractivity contribution in [3.05, 3.63) is 52.6 Å². The number of piperazine rings is 1. The molecule has 10 heteroatoms. The van der Waals surface area contributed by atoms with Gasteiger partial charge in [0.05, 0.1) is 18.1 Å². The second-order valence-electron chi connectivity index (χ2n) is 10.9. The molecule has 2 aromatic rings. The molecule has 0 atom stereocenters. The molecule has 0 radical (unpaired) electrons. The van der Waals surface area contributed by atoms with Crippen LogP contribution in [-0.2, 0) is 4.79 Å². The van der Waals surface area contributed by atoms with E-state index in [0.717, 1.165) is 63.6 Å². The van der Waals surface area contributed by atoms with E-state index >= 15 is 0 Å². The van der Waals surface area contributed by atoms with Gasteiger partial charge in [0.15, 0.2) is 5.75 Å². The van der Waals surface area contributed by atoms with Crippen LogP contribution in [0.1, 0.15) is 47.5 Å². The van der Waals surface area contributed by atoms with Crippen LogP contribution in [0.2, 0.25) is 0 Å². The first-order chi connectivity index (χ1) is 19.3. The monoisotopic (exact) mass is 569 g/mol. The zero-order valence-electron chi connectivity index (χ0n) is 24.0. The molecule has 226 valence electrons. The molecule has 41 heavy (non-hydrogen) atoms. The van der Waals surface area contributed by atoms with Gasteiger partial charge < -0.3 is 24.6 Å². The first-order valence-corrected chi connectivity index (χ1v) is 14.5. The van der Waals surface area contributed by atoms with Crippen LogP contribution in [0.25, 0.3) is 0 Å². The molecule has 0 saturated carbocycles. The average molecular weight is 570 g/mol. The van der Waals surface area contributed by atoms with Gasteiger partial charge in [-0.3, -0.25) is 19.8 Å². The van der Waals surface area contributed by atoms with Gasteiger partial charge in [0.2, 0.25) is 5.91 Å². The van der Waals surface area contributed by atoms with Gasteiger partial charge in [-0.1, -0.05) is 21.3 Å². The fourth-order valence-corrected chi connectivity index (χ4v) is 5.19. The third kappa shape index (κ3) is 9.24. The fourth-order valence-electron chi connectivity index (χ4n) is 5.19. The van der Waals surface area contributed by atoms with Crippen LogP contribution in [0.4, 0.5) is 17.1 Å². The molecule has 0 aromatic heterocycles. The molecule has 0 spiro atoms. The van der Waals surface area contributed by atoms with Crippen molar-refractivity contribution in [2.75, 3.05) is 69.2 Å². The minimum Gasteiger partial charge on any atom is -0.493 e. The molecular formula is C31H47N5O5. The standard InChI is InChI=1S/C30H43N5O5.CH4/c1-4-39-29-21-25(5-10-28(29)35(37)38)31-24-11-15-34(16-12-24)30(36)13-14-32-17-19-33(20-18-32)26-6-8-27(9-7-26)40-22-23(2)3;/h5-10,21,23-24,31H,4,11-20,22H2,1-3H3;1H4. The Bertz CT molecular complexity index is 1110. The maximum atomic E-state index is 12.9. The van der Waals surface area contributed by atoms with Crippen molar-refractivity contribution in [2.45, 2.75) is 53.5 Å². The number of nitrogens with zero attached hydrogens (tertiary/aromatic N) is 4. The number of nitro benzene ring substituents is 1. The second-order valence-corrected chi connectivity index (χ2v) is 10.9. The molecule has 2 aromatic carbocycles. The van der Waals surface area contributed by atoms with Crippen molar-refractivity contribution in [3.8, 4) is 11.5 Å². The number of rotatable bonds is 12. The van der Waals surface area contributed by atoms with Gasteiger partial charge in [0.25, 0.3) is 0 Å². The fraction of sp³-hybridized carbons (Fsp3) is 0.581. The zero-order valence-corrected chi connectivity index (χ0v) is 24.0. The van der Waals surface area contributed by atoms with Crippen LogP contribution < -0.4 is 19.7 Å². The number of benzene rings is 2. The number of anilines is 2. The summed E-state index contributed by atoms with van der Waals surface area (Å²) in [5.74, 6) is 1.91. The summed E-state index contributed by atoms with van der Waals surface area (Å²) >= 11 is 0. The van der Waals surface area contributed by atoms with Crippen molar-refractivity contribution in [1.29, 1.82) is 0 Å². The number of carbonyl (C=O) groups is 1. The topological polar surface area (TPSA) is 100 Å². The van der Waals surface area contributed by atoms with Crippen molar-refractivity contribution in [3.63, 3.8) is 0 Å². The van der Waals surface area contributed by atoms with Crippen LogP contribution in [0.15, 0.2) is 42.5 Å². The van der Waals surface area contributed by atoms with E-state index in [0.29, 0.717) is 32.0 Å². The molecule has 0 aliphatic carbocycles. The van der Waals surface area contributed by atoms with Crippen LogP contribution in [-0.4, -0.2) is 85.7 Å². The van der Waals surface area contributed by atoms with Gasteiger partial charge >= 0.3 is 5.69 Å². The van der Waals surface area contributed by atoms with Gasteiger partial charge in [-0.25, -0.2) is 0 Å². The number of amides is 1. The molecule has 10 nitrogen and oxygen atoms in total. The molecule has 0 bridgehead atoms. The largest absolute Gasteiger partial charge is 0.493 e. The number of carbonyl (C=O) groups excluding carboxylic acids is 1. The Morgan fingerprint density at radius 3 is 2.32 bits per heavy atom. The highest BCUT2D eigenvalue weighted by molar-refractivity contribution is 5.76. The van der Waals surface area contributed by atoms with Gasteiger partial charge in [-0.15, -0.1) is 0 Å².